The number of carbonyl (C=O) groups is 2. The number of hydrogen-bond acceptors (Lipinski definition) is 4. The van der Waals surface area contributed by atoms with Crippen molar-refractivity contribution in [3.63, 3.8) is 0 Å². The van der Waals surface area contributed by atoms with Crippen LogP contribution < -0.4 is 10.6 Å². The summed E-state index contributed by atoms with van der Waals surface area (Å²) in [6, 6.07) is 8.29. The third-order valence-corrected chi connectivity index (χ3v) is 2.47. The van der Waals surface area contributed by atoms with Crippen LogP contribution in [0.25, 0.3) is 0 Å². The van der Waals surface area contributed by atoms with Crippen molar-refractivity contribution in [3.8, 4) is 0 Å². The van der Waals surface area contributed by atoms with Crippen molar-refractivity contribution < 1.29 is 19.4 Å². The number of hydrogen-bond donors (Lipinski definition) is 3. The molecule has 0 saturated carbocycles. The molecule has 0 aliphatic rings. The lowest BCUT2D eigenvalue weighted by molar-refractivity contribution is -0.142. The zero-order chi connectivity index (χ0) is 14.1. The van der Waals surface area contributed by atoms with Gasteiger partial charge in [-0.05, 0) is 12.1 Å². The Kier molecular flexibility index (Phi) is 6.38. The number of anilines is 1. The van der Waals surface area contributed by atoms with E-state index >= 15 is 0 Å². The second-order valence-electron chi connectivity index (χ2n) is 3.96. The molecule has 0 aliphatic heterocycles. The van der Waals surface area contributed by atoms with E-state index in [2.05, 4.69) is 10.6 Å². The van der Waals surface area contributed by atoms with E-state index in [1.54, 1.807) is 0 Å². The van der Waals surface area contributed by atoms with E-state index < -0.39 is 12.0 Å². The van der Waals surface area contributed by atoms with Gasteiger partial charge in [0.05, 0.1) is 6.54 Å². The van der Waals surface area contributed by atoms with Crippen molar-refractivity contribution in [2.45, 2.75) is 12.5 Å². The third-order valence-electron chi connectivity index (χ3n) is 2.47. The van der Waals surface area contributed by atoms with Gasteiger partial charge in [-0.15, -0.1) is 0 Å². The third kappa shape index (κ3) is 5.87. The second kappa shape index (κ2) is 8.10. The van der Waals surface area contributed by atoms with E-state index in [9.17, 15) is 9.59 Å². The standard InChI is InChI=1S/C13H18N2O4/c1-19-8-7-11(13(17)18)15-12(16)9-14-10-5-3-2-4-6-10/h2-6,11,14H,7-9H2,1H3,(H,15,16)(H,17,18). The number of rotatable bonds is 8. The average molecular weight is 266 g/mol. The highest BCUT2D eigenvalue weighted by Crippen LogP contribution is 2.03. The normalized spacial score (nSPS) is 11.6. The van der Waals surface area contributed by atoms with Crippen LogP contribution in [0.5, 0.6) is 0 Å². The van der Waals surface area contributed by atoms with E-state index in [1.165, 1.54) is 7.11 Å². The van der Waals surface area contributed by atoms with E-state index in [0.29, 0.717) is 0 Å². The molecule has 1 aromatic carbocycles. The number of methoxy groups -OCH3 is 1. The van der Waals surface area contributed by atoms with Gasteiger partial charge in [0, 0.05) is 25.8 Å². The highest BCUT2D eigenvalue weighted by Gasteiger charge is 2.19. The molecule has 1 unspecified atom stereocenters. The number of carboxylic acid groups (broad SMARTS) is 1. The molecule has 6 heteroatoms. The lowest BCUT2D eigenvalue weighted by Crippen LogP contribution is -2.43. The SMILES string of the molecule is COCCC(NC(=O)CNc1ccccc1)C(=O)O. The minimum Gasteiger partial charge on any atom is -0.480 e. The van der Waals surface area contributed by atoms with E-state index in [-0.39, 0.29) is 25.5 Å². The van der Waals surface area contributed by atoms with Crippen LogP contribution in [0, 0.1) is 0 Å². The van der Waals surface area contributed by atoms with Crippen molar-refractivity contribution >= 4 is 17.6 Å². The Bertz CT molecular complexity index is 408. The first-order chi connectivity index (χ1) is 9.13. The van der Waals surface area contributed by atoms with Crippen LogP contribution in [0.15, 0.2) is 30.3 Å². The fourth-order valence-corrected chi connectivity index (χ4v) is 1.48. The van der Waals surface area contributed by atoms with Crippen LogP contribution in [-0.4, -0.2) is 43.3 Å². The molecule has 3 N–H and O–H groups in total. The highest BCUT2D eigenvalue weighted by atomic mass is 16.5. The van der Waals surface area contributed by atoms with Crippen LogP contribution in [0.1, 0.15) is 6.42 Å². The molecule has 0 aliphatic carbocycles. The molecule has 0 heterocycles. The summed E-state index contributed by atoms with van der Waals surface area (Å²) in [6.45, 7) is 0.310. The summed E-state index contributed by atoms with van der Waals surface area (Å²) in [5, 5.41) is 14.3. The summed E-state index contributed by atoms with van der Waals surface area (Å²) in [5.41, 5.74) is 0.807. The van der Waals surface area contributed by atoms with Crippen molar-refractivity contribution in [2.24, 2.45) is 0 Å². The minimum atomic E-state index is -1.06. The molecule has 0 radical (unpaired) electrons. The predicted octanol–water partition coefficient (Wildman–Crippen LogP) is 0.704. The smallest absolute Gasteiger partial charge is 0.326 e. The fourth-order valence-electron chi connectivity index (χ4n) is 1.48. The molecule has 1 atom stereocenters. The maximum atomic E-state index is 11.6. The Morgan fingerprint density at radius 2 is 2.00 bits per heavy atom. The molecule has 0 aromatic heterocycles. The number of aliphatic carboxylic acids is 1. The Morgan fingerprint density at radius 3 is 2.58 bits per heavy atom. The molecular weight excluding hydrogens is 248 g/mol. The largest absolute Gasteiger partial charge is 0.480 e. The summed E-state index contributed by atoms with van der Waals surface area (Å²) in [6.07, 6.45) is 0.239. The van der Waals surface area contributed by atoms with E-state index in [1.807, 2.05) is 30.3 Å². The predicted molar refractivity (Wildman–Crippen MR) is 71.0 cm³/mol. The van der Waals surface area contributed by atoms with Gasteiger partial charge in [-0.3, -0.25) is 4.79 Å². The first kappa shape index (κ1) is 15.0. The first-order valence-corrected chi connectivity index (χ1v) is 5.93. The van der Waals surface area contributed by atoms with Gasteiger partial charge < -0.3 is 20.5 Å². The number of nitrogens with one attached hydrogen (secondary N) is 2. The molecule has 0 bridgehead atoms. The van der Waals surface area contributed by atoms with Crippen LogP contribution in [0.2, 0.25) is 0 Å². The zero-order valence-corrected chi connectivity index (χ0v) is 10.8. The van der Waals surface area contributed by atoms with Gasteiger partial charge in [-0.2, -0.15) is 0 Å². The molecule has 1 rings (SSSR count). The Balaban J connectivity index is 2.38. The van der Waals surface area contributed by atoms with Gasteiger partial charge in [0.15, 0.2) is 0 Å². The van der Waals surface area contributed by atoms with E-state index in [4.69, 9.17) is 9.84 Å². The van der Waals surface area contributed by atoms with Crippen molar-refractivity contribution in [2.75, 3.05) is 25.6 Å². The number of benzene rings is 1. The summed E-state index contributed by atoms with van der Waals surface area (Å²) in [4.78, 5) is 22.5. The van der Waals surface area contributed by atoms with Crippen LogP contribution >= 0.6 is 0 Å². The van der Waals surface area contributed by atoms with Crippen molar-refractivity contribution in [3.05, 3.63) is 30.3 Å². The van der Waals surface area contributed by atoms with Gasteiger partial charge in [-0.1, -0.05) is 18.2 Å². The second-order valence-corrected chi connectivity index (χ2v) is 3.96. The number of amides is 1. The maximum absolute atomic E-state index is 11.6. The molecule has 0 saturated heterocycles. The molecule has 0 spiro atoms. The topological polar surface area (TPSA) is 87.7 Å². The van der Waals surface area contributed by atoms with Gasteiger partial charge in [-0.25, -0.2) is 4.79 Å². The minimum absolute atomic E-state index is 0.0285. The Morgan fingerprint density at radius 1 is 1.32 bits per heavy atom. The van der Waals surface area contributed by atoms with Crippen LogP contribution in [0.4, 0.5) is 5.69 Å². The fraction of sp³-hybridized carbons (Fsp3) is 0.385. The molecule has 0 fully saturated rings. The van der Waals surface area contributed by atoms with E-state index in [0.717, 1.165) is 5.69 Å². The molecule has 104 valence electrons. The lowest BCUT2D eigenvalue weighted by atomic mass is 10.2. The summed E-state index contributed by atoms with van der Waals surface area (Å²) < 4.78 is 4.80. The summed E-state index contributed by atoms with van der Waals surface area (Å²) in [5.74, 6) is -1.43. The van der Waals surface area contributed by atoms with Crippen molar-refractivity contribution in [1.29, 1.82) is 0 Å². The van der Waals surface area contributed by atoms with Gasteiger partial charge >= 0.3 is 5.97 Å². The summed E-state index contributed by atoms with van der Waals surface area (Å²) >= 11 is 0. The lowest BCUT2D eigenvalue weighted by Gasteiger charge is -2.14. The highest BCUT2D eigenvalue weighted by molar-refractivity contribution is 5.86. The molecular formula is C13H18N2O4. The summed E-state index contributed by atoms with van der Waals surface area (Å²) in [7, 11) is 1.48. The molecule has 1 aromatic rings. The molecule has 19 heavy (non-hydrogen) atoms. The average Bonchev–Trinajstić information content (AvgIpc) is 2.42. The Labute approximate surface area is 111 Å². The van der Waals surface area contributed by atoms with Crippen LogP contribution in [0.3, 0.4) is 0 Å². The number of carbonyl (C=O) groups excluding carboxylic acids is 1. The van der Waals surface area contributed by atoms with Gasteiger partial charge in [0.2, 0.25) is 5.91 Å². The Hall–Kier alpha value is -2.08. The zero-order valence-electron chi connectivity index (χ0n) is 10.8. The maximum Gasteiger partial charge on any atom is 0.326 e. The van der Waals surface area contributed by atoms with Crippen LogP contribution in [-0.2, 0) is 14.3 Å². The van der Waals surface area contributed by atoms with Gasteiger partial charge in [0.25, 0.3) is 0 Å². The molecule has 6 nitrogen and oxygen atoms in total. The number of para-hydroxylation sites is 1. The number of ether oxygens (including phenoxy) is 1. The first-order valence-electron chi connectivity index (χ1n) is 5.93. The van der Waals surface area contributed by atoms with Crippen molar-refractivity contribution in [1.82, 2.24) is 5.32 Å². The monoisotopic (exact) mass is 266 g/mol. The molecule has 1 amide bonds. The van der Waals surface area contributed by atoms with Gasteiger partial charge in [0.1, 0.15) is 6.04 Å². The number of carboxylic acids is 1. The quantitative estimate of drug-likeness (QED) is 0.645.